The molecule has 0 aliphatic heterocycles. The third-order valence-electron chi connectivity index (χ3n) is 2.41. The molecule has 4 nitrogen and oxygen atoms in total. The highest BCUT2D eigenvalue weighted by atomic mass is 79.9. The molecule has 0 spiro atoms. The van der Waals surface area contributed by atoms with Crippen LogP contribution in [0, 0.1) is 0 Å². The Morgan fingerprint density at radius 1 is 1.33 bits per heavy atom. The molecule has 2 aromatic rings. The minimum Gasteiger partial charge on any atom is -0.366 e. The molecule has 5 heteroatoms. The van der Waals surface area contributed by atoms with E-state index in [0.717, 1.165) is 10.0 Å². The van der Waals surface area contributed by atoms with Crippen LogP contribution in [0.25, 0.3) is 0 Å². The molecule has 0 radical (unpaired) electrons. The standard InChI is InChI=1S/C13H12BrN3O/c14-11-3-1-2-9(6-11)7-16-12-5-4-10(8-17-12)13(15)18/h1-6,8H,7H2,(H2,15,18)(H,16,17). The van der Waals surface area contributed by atoms with Crippen LogP contribution >= 0.6 is 15.9 Å². The van der Waals surface area contributed by atoms with Gasteiger partial charge in [-0.1, -0.05) is 28.1 Å². The lowest BCUT2D eigenvalue weighted by Gasteiger charge is -2.06. The fraction of sp³-hybridized carbons (Fsp3) is 0.0769. The number of halogens is 1. The maximum Gasteiger partial charge on any atom is 0.250 e. The zero-order valence-corrected chi connectivity index (χ0v) is 11.1. The van der Waals surface area contributed by atoms with Gasteiger partial charge in [0.15, 0.2) is 0 Å². The van der Waals surface area contributed by atoms with E-state index in [9.17, 15) is 4.79 Å². The van der Waals surface area contributed by atoms with E-state index in [1.807, 2.05) is 24.3 Å². The van der Waals surface area contributed by atoms with Crippen molar-refractivity contribution >= 4 is 27.7 Å². The summed E-state index contributed by atoms with van der Waals surface area (Å²) in [5.41, 5.74) is 6.69. The number of pyridine rings is 1. The monoisotopic (exact) mass is 305 g/mol. The van der Waals surface area contributed by atoms with Gasteiger partial charge in [0.2, 0.25) is 5.91 Å². The van der Waals surface area contributed by atoms with E-state index in [-0.39, 0.29) is 0 Å². The molecule has 18 heavy (non-hydrogen) atoms. The molecule has 1 amide bonds. The van der Waals surface area contributed by atoms with Gasteiger partial charge >= 0.3 is 0 Å². The number of nitrogens with zero attached hydrogens (tertiary/aromatic N) is 1. The molecular weight excluding hydrogens is 294 g/mol. The smallest absolute Gasteiger partial charge is 0.250 e. The van der Waals surface area contributed by atoms with Crippen molar-refractivity contribution in [3.8, 4) is 0 Å². The minimum atomic E-state index is -0.471. The van der Waals surface area contributed by atoms with E-state index >= 15 is 0 Å². The number of rotatable bonds is 4. The predicted octanol–water partition coefficient (Wildman–Crippen LogP) is 2.56. The van der Waals surface area contributed by atoms with Gasteiger partial charge in [-0.05, 0) is 29.8 Å². The minimum absolute atomic E-state index is 0.406. The van der Waals surface area contributed by atoms with Crippen LogP contribution in [0.4, 0.5) is 5.82 Å². The van der Waals surface area contributed by atoms with Gasteiger partial charge in [0.05, 0.1) is 5.56 Å². The highest BCUT2D eigenvalue weighted by Crippen LogP contribution is 2.13. The Balaban J connectivity index is 2.00. The number of anilines is 1. The Hall–Kier alpha value is -1.88. The molecule has 0 aliphatic rings. The number of benzene rings is 1. The summed E-state index contributed by atoms with van der Waals surface area (Å²) in [4.78, 5) is 15.0. The summed E-state index contributed by atoms with van der Waals surface area (Å²) in [6.45, 7) is 0.669. The van der Waals surface area contributed by atoms with Gasteiger partial charge in [-0.3, -0.25) is 4.79 Å². The lowest BCUT2D eigenvalue weighted by Crippen LogP contribution is -2.11. The highest BCUT2D eigenvalue weighted by Gasteiger charge is 2.01. The van der Waals surface area contributed by atoms with Crippen molar-refractivity contribution in [2.75, 3.05) is 5.32 Å². The SMILES string of the molecule is NC(=O)c1ccc(NCc2cccc(Br)c2)nc1. The fourth-order valence-corrected chi connectivity index (χ4v) is 1.93. The van der Waals surface area contributed by atoms with Crippen molar-refractivity contribution in [2.45, 2.75) is 6.54 Å². The van der Waals surface area contributed by atoms with E-state index < -0.39 is 5.91 Å². The van der Waals surface area contributed by atoms with Crippen LogP contribution < -0.4 is 11.1 Å². The largest absolute Gasteiger partial charge is 0.366 e. The molecule has 2 rings (SSSR count). The molecule has 0 saturated carbocycles. The number of carbonyl (C=O) groups is 1. The van der Waals surface area contributed by atoms with Gasteiger partial charge in [0.25, 0.3) is 0 Å². The molecule has 0 aliphatic carbocycles. The molecule has 1 aromatic carbocycles. The molecule has 3 N–H and O–H groups in total. The second-order valence-corrected chi connectivity index (χ2v) is 4.70. The van der Waals surface area contributed by atoms with Crippen molar-refractivity contribution in [2.24, 2.45) is 5.73 Å². The Kier molecular flexibility index (Phi) is 3.94. The number of nitrogens with two attached hydrogens (primary N) is 1. The third kappa shape index (κ3) is 3.30. The Labute approximate surface area is 113 Å². The molecule has 92 valence electrons. The number of nitrogens with one attached hydrogen (secondary N) is 1. The Morgan fingerprint density at radius 3 is 2.78 bits per heavy atom. The zero-order valence-electron chi connectivity index (χ0n) is 9.56. The first-order valence-corrected chi connectivity index (χ1v) is 6.18. The predicted molar refractivity (Wildman–Crippen MR) is 74.2 cm³/mol. The van der Waals surface area contributed by atoms with Crippen LogP contribution in [0.5, 0.6) is 0 Å². The zero-order chi connectivity index (χ0) is 13.0. The molecule has 0 fully saturated rings. The average Bonchev–Trinajstić information content (AvgIpc) is 2.37. The first-order chi connectivity index (χ1) is 8.65. The second kappa shape index (κ2) is 5.64. The van der Waals surface area contributed by atoms with E-state index in [1.54, 1.807) is 12.1 Å². The summed E-state index contributed by atoms with van der Waals surface area (Å²) in [7, 11) is 0. The van der Waals surface area contributed by atoms with Crippen LogP contribution in [-0.4, -0.2) is 10.9 Å². The first kappa shape index (κ1) is 12.6. The summed E-state index contributed by atoms with van der Waals surface area (Å²) >= 11 is 3.42. The van der Waals surface area contributed by atoms with Crippen LogP contribution in [0.15, 0.2) is 47.1 Å². The molecule has 0 unspecified atom stereocenters. The van der Waals surface area contributed by atoms with Crippen LogP contribution in [0.3, 0.4) is 0 Å². The van der Waals surface area contributed by atoms with Crippen molar-refractivity contribution < 1.29 is 4.79 Å². The maximum atomic E-state index is 10.9. The molecular formula is C13H12BrN3O. The third-order valence-corrected chi connectivity index (χ3v) is 2.90. The van der Waals surface area contributed by atoms with Gasteiger partial charge in [0.1, 0.15) is 5.82 Å². The van der Waals surface area contributed by atoms with Gasteiger partial charge in [0, 0.05) is 17.2 Å². The van der Waals surface area contributed by atoms with Crippen LogP contribution in [0.1, 0.15) is 15.9 Å². The van der Waals surface area contributed by atoms with Crippen molar-refractivity contribution in [1.82, 2.24) is 4.98 Å². The van der Waals surface area contributed by atoms with Crippen molar-refractivity contribution in [3.05, 3.63) is 58.2 Å². The number of hydrogen-bond donors (Lipinski definition) is 2. The van der Waals surface area contributed by atoms with Gasteiger partial charge < -0.3 is 11.1 Å². The van der Waals surface area contributed by atoms with E-state index in [1.165, 1.54) is 6.20 Å². The number of primary amides is 1. The first-order valence-electron chi connectivity index (χ1n) is 5.39. The summed E-state index contributed by atoms with van der Waals surface area (Å²) in [5, 5.41) is 3.17. The highest BCUT2D eigenvalue weighted by molar-refractivity contribution is 9.10. The fourth-order valence-electron chi connectivity index (χ4n) is 1.48. The summed E-state index contributed by atoms with van der Waals surface area (Å²) in [6, 6.07) is 11.4. The van der Waals surface area contributed by atoms with Crippen LogP contribution in [-0.2, 0) is 6.54 Å². The quantitative estimate of drug-likeness (QED) is 0.912. The van der Waals surface area contributed by atoms with Crippen LogP contribution in [0.2, 0.25) is 0 Å². The number of amides is 1. The molecule has 0 bridgehead atoms. The summed E-state index contributed by atoms with van der Waals surface area (Å²) < 4.78 is 1.04. The van der Waals surface area contributed by atoms with Gasteiger partial charge in [-0.25, -0.2) is 4.98 Å². The van der Waals surface area contributed by atoms with Gasteiger partial charge in [-0.15, -0.1) is 0 Å². The number of hydrogen-bond acceptors (Lipinski definition) is 3. The second-order valence-electron chi connectivity index (χ2n) is 3.78. The average molecular weight is 306 g/mol. The lowest BCUT2D eigenvalue weighted by molar-refractivity contribution is 0.1000. The Morgan fingerprint density at radius 2 is 2.17 bits per heavy atom. The molecule has 0 saturated heterocycles. The summed E-state index contributed by atoms with van der Waals surface area (Å²) in [5.74, 6) is 0.237. The van der Waals surface area contributed by atoms with Crippen molar-refractivity contribution in [3.63, 3.8) is 0 Å². The van der Waals surface area contributed by atoms with E-state index in [2.05, 4.69) is 26.2 Å². The van der Waals surface area contributed by atoms with Crippen molar-refractivity contribution in [1.29, 1.82) is 0 Å². The van der Waals surface area contributed by atoms with E-state index in [4.69, 9.17) is 5.73 Å². The molecule has 1 aromatic heterocycles. The van der Waals surface area contributed by atoms with E-state index in [0.29, 0.717) is 17.9 Å². The Bertz CT molecular complexity index is 554. The molecule has 1 heterocycles. The van der Waals surface area contributed by atoms with Gasteiger partial charge in [-0.2, -0.15) is 0 Å². The normalized spacial score (nSPS) is 10.1. The maximum absolute atomic E-state index is 10.9. The topological polar surface area (TPSA) is 68.0 Å². The summed E-state index contributed by atoms with van der Waals surface area (Å²) in [6.07, 6.45) is 1.46. The molecule has 0 atom stereocenters. The number of carbonyl (C=O) groups excluding carboxylic acids is 1. The lowest BCUT2D eigenvalue weighted by atomic mass is 10.2. The number of aromatic nitrogens is 1.